The van der Waals surface area contributed by atoms with Gasteiger partial charge in [-0.25, -0.2) is 4.39 Å². The van der Waals surface area contributed by atoms with Gasteiger partial charge in [-0.05, 0) is 31.5 Å². The molecule has 0 radical (unpaired) electrons. The molecule has 0 spiro atoms. The van der Waals surface area contributed by atoms with Crippen molar-refractivity contribution in [2.75, 3.05) is 13.2 Å². The second-order valence-electron chi connectivity index (χ2n) is 5.05. The van der Waals surface area contributed by atoms with E-state index in [9.17, 15) is 4.39 Å². The fourth-order valence-corrected chi connectivity index (χ4v) is 2.21. The van der Waals surface area contributed by atoms with Crippen molar-refractivity contribution >= 4 is 15.9 Å². The molecule has 1 aromatic carbocycles. The van der Waals surface area contributed by atoms with Crippen LogP contribution < -0.4 is 5.73 Å². The molecule has 0 saturated carbocycles. The van der Waals surface area contributed by atoms with Crippen LogP contribution in [0.4, 0.5) is 4.39 Å². The van der Waals surface area contributed by atoms with Gasteiger partial charge < -0.3 is 15.0 Å². The van der Waals surface area contributed by atoms with Gasteiger partial charge in [-0.1, -0.05) is 28.0 Å². The van der Waals surface area contributed by atoms with Crippen molar-refractivity contribution in [3.05, 3.63) is 34.3 Å². The molecule has 7 heteroatoms. The molecular weight excluding hydrogens is 341 g/mol. The van der Waals surface area contributed by atoms with Crippen LogP contribution in [-0.2, 0) is 10.3 Å². The third-order valence-corrected chi connectivity index (χ3v) is 3.25. The van der Waals surface area contributed by atoms with E-state index in [-0.39, 0.29) is 18.3 Å². The lowest BCUT2D eigenvalue weighted by molar-refractivity contribution is 0.0867. The van der Waals surface area contributed by atoms with E-state index >= 15 is 0 Å². The topological polar surface area (TPSA) is 74.2 Å². The van der Waals surface area contributed by atoms with Crippen LogP contribution >= 0.6 is 15.9 Å². The monoisotopic (exact) mass is 357 g/mol. The van der Waals surface area contributed by atoms with Crippen LogP contribution in [0.3, 0.4) is 0 Å². The molecule has 5 nitrogen and oxygen atoms in total. The summed E-state index contributed by atoms with van der Waals surface area (Å²) in [7, 11) is 0. The molecule has 2 rings (SSSR count). The van der Waals surface area contributed by atoms with Crippen LogP contribution in [0.5, 0.6) is 0 Å². The van der Waals surface area contributed by atoms with E-state index in [1.165, 1.54) is 12.1 Å². The van der Waals surface area contributed by atoms with E-state index in [0.29, 0.717) is 22.5 Å². The Bertz CT molecular complexity index is 596. The number of benzene rings is 1. The average Bonchev–Trinajstić information content (AvgIpc) is 2.88. The van der Waals surface area contributed by atoms with Crippen molar-refractivity contribution in [3.63, 3.8) is 0 Å². The highest BCUT2D eigenvalue weighted by atomic mass is 79.9. The summed E-state index contributed by atoms with van der Waals surface area (Å²) >= 11 is 3.22. The third kappa shape index (κ3) is 4.09. The van der Waals surface area contributed by atoms with E-state index in [0.717, 1.165) is 6.42 Å². The summed E-state index contributed by atoms with van der Waals surface area (Å²) in [6, 6.07) is 4.37. The van der Waals surface area contributed by atoms with Crippen molar-refractivity contribution in [2.45, 2.75) is 25.8 Å². The number of nitrogens with two attached hydrogens (primary N) is 1. The molecule has 1 unspecified atom stereocenters. The summed E-state index contributed by atoms with van der Waals surface area (Å²) in [5.74, 6) is 0.160. The number of hydrogen-bond acceptors (Lipinski definition) is 5. The summed E-state index contributed by atoms with van der Waals surface area (Å²) in [4.78, 5) is 4.24. The van der Waals surface area contributed by atoms with Crippen LogP contribution in [-0.4, -0.2) is 23.4 Å². The molecular formula is C14H17BrFN3O2. The Morgan fingerprint density at radius 1 is 1.43 bits per heavy atom. The molecule has 0 aliphatic heterocycles. The van der Waals surface area contributed by atoms with Gasteiger partial charge in [0.1, 0.15) is 11.4 Å². The van der Waals surface area contributed by atoms with E-state index in [1.54, 1.807) is 13.0 Å². The number of ether oxygens (including phenoxy) is 1. The number of hydrogen-bond donors (Lipinski definition) is 1. The highest BCUT2D eigenvalue weighted by Crippen LogP contribution is 2.25. The maximum Gasteiger partial charge on any atom is 0.258 e. The molecule has 0 aliphatic rings. The van der Waals surface area contributed by atoms with Crippen LogP contribution in [0.2, 0.25) is 0 Å². The molecule has 114 valence electrons. The molecule has 2 N–H and O–H groups in total. The Balaban J connectivity index is 2.20. The van der Waals surface area contributed by atoms with Gasteiger partial charge in [0.05, 0.1) is 6.61 Å². The first kappa shape index (κ1) is 16.1. The summed E-state index contributed by atoms with van der Waals surface area (Å²) in [5, 5.41) is 3.87. The first-order valence-electron chi connectivity index (χ1n) is 6.59. The van der Waals surface area contributed by atoms with E-state index in [4.69, 9.17) is 15.0 Å². The van der Waals surface area contributed by atoms with Crippen molar-refractivity contribution in [3.8, 4) is 11.5 Å². The van der Waals surface area contributed by atoms with Crippen molar-refractivity contribution in [1.82, 2.24) is 10.1 Å². The Morgan fingerprint density at radius 2 is 2.19 bits per heavy atom. The van der Waals surface area contributed by atoms with E-state index in [1.807, 2.05) is 6.92 Å². The lowest BCUT2D eigenvalue weighted by Crippen LogP contribution is -2.39. The van der Waals surface area contributed by atoms with Gasteiger partial charge in [0.15, 0.2) is 5.82 Å². The van der Waals surface area contributed by atoms with Crippen molar-refractivity contribution < 1.29 is 13.7 Å². The Kier molecular flexibility index (Phi) is 5.08. The standard InChI is InChI=1S/C14H17BrFN3O2/c1-3-4-20-8-14(2,17)13-18-12(21-19-13)9-5-10(15)7-11(16)6-9/h5-7H,3-4,8,17H2,1-2H3. The van der Waals surface area contributed by atoms with Crippen LogP contribution in [0, 0.1) is 5.82 Å². The fourth-order valence-electron chi connectivity index (χ4n) is 1.74. The minimum atomic E-state index is -0.860. The van der Waals surface area contributed by atoms with Crippen molar-refractivity contribution in [2.24, 2.45) is 5.73 Å². The normalized spacial score (nSPS) is 14.1. The minimum Gasteiger partial charge on any atom is -0.379 e. The zero-order valence-electron chi connectivity index (χ0n) is 11.9. The Labute approximate surface area is 130 Å². The molecule has 21 heavy (non-hydrogen) atoms. The highest BCUT2D eigenvalue weighted by Gasteiger charge is 2.28. The SMILES string of the molecule is CCCOCC(C)(N)c1noc(-c2cc(F)cc(Br)c2)n1. The fraction of sp³-hybridized carbons (Fsp3) is 0.429. The number of rotatable bonds is 6. The quantitative estimate of drug-likeness (QED) is 0.803. The zero-order valence-corrected chi connectivity index (χ0v) is 13.5. The lowest BCUT2D eigenvalue weighted by Gasteiger charge is -2.19. The molecule has 0 amide bonds. The van der Waals surface area contributed by atoms with E-state index in [2.05, 4.69) is 26.1 Å². The van der Waals surface area contributed by atoms with Gasteiger partial charge >= 0.3 is 0 Å². The molecule has 1 atom stereocenters. The Morgan fingerprint density at radius 3 is 2.86 bits per heavy atom. The molecule has 0 fully saturated rings. The average molecular weight is 358 g/mol. The van der Waals surface area contributed by atoms with Gasteiger partial charge in [-0.2, -0.15) is 4.98 Å². The Hall–Kier alpha value is -1.31. The van der Waals surface area contributed by atoms with Crippen LogP contribution in [0.15, 0.2) is 27.2 Å². The van der Waals surface area contributed by atoms with E-state index < -0.39 is 5.54 Å². The minimum absolute atomic E-state index is 0.220. The highest BCUT2D eigenvalue weighted by molar-refractivity contribution is 9.10. The van der Waals surface area contributed by atoms with Gasteiger partial charge in [-0.3, -0.25) is 0 Å². The third-order valence-electron chi connectivity index (χ3n) is 2.80. The molecule has 0 bridgehead atoms. The molecule has 2 aromatic rings. The summed E-state index contributed by atoms with van der Waals surface area (Å²) in [5.41, 5.74) is 5.77. The summed E-state index contributed by atoms with van der Waals surface area (Å²) in [6.45, 7) is 4.68. The second-order valence-corrected chi connectivity index (χ2v) is 5.97. The lowest BCUT2D eigenvalue weighted by atomic mass is 10.1. The number of halogens is 2. The van der Waals surface area contributed by atoms with Gasteiger partial charge in [0.25, 0.3) is 5.89 Å². The summed E-state index contributed by atoms with van der Waals surface area (Å²) in [6.07, 6.45) is 0.908. The maximum absolute atomic E-state index is 13.4. The number of aromatic nitrogens is 2. The molecule has 1 aromatic heterocycles. The van der Waals surface area contributed by atoms with Crippen LogP contribution in [0.1, 0.15) is 26.1 Å². The van der Waals surface area contributed by atoms with Gasteiger partial charge in [0.2, 0.25) is 0 Å². The molecule has 1 heterocycles. The predicted molar refractivity (Wildman–Crippen MR) is 80.0 cm³/mol. The zero-order chi connectivity index (χ0) is 15.5. The first-order chi connectivity index (χ1) is 9.92. The van der Waals surface area contributed by atoms with Crippen LogP contribution in [0.25, 0.3) is 11.5 Å². The predicted octanol–water partition coefficient (Wildman–Crippen LogP) is 3.24. The molecule has 0 saturated heterocycles. The van der Waals surface area contributed by atoms with Crippen molar-refractivity contribution in [1.29, 1.82) is 0 Å². The van der Waals surface area contributed by atoms with Gasteiger partial charge in [-0.15, -0.1) is 0 Å². The largest absolute Gasteiger partial charge is 0.379 e. The first-order valence-corrected chi connectivity index (χ1v) is 7.39. The summed E-state index contributed by atoms with van der Waals surface area (Å²) < 4.78 is 24.6. The maximum atomic E-state index is 13.4. The number of nitrogens with zero attached hydrogens (tertiary/aromatic N) is 2. The second kappa shape index (κ2) is 6.64. The van der Waals surface area contributed by atoms with Gasteiger partial charge in [0, 0.05) is 16.6 Å². The smallest absolute Gasteiger partial charge is 0.258 e. The molecule has 0 aliphatic carbocycles.